The van der Waals surface area contributed by atoms with Crippen molar-refractivity contribution >= 4 is 15.7 Å². The lowest BCUT2D eigenvalue weighted by atomic mass is 9.98. The van der Waals surface area contributed by atoms with Crippen molar-refractivity contribution in [2.24, 2.45) is 5.10 Å². The van der Waals surface area contributed by atoms with E-state index in [9.17, 15) is 8.42 Å². The number of sulfonamides is 1. The highest BCUT2D eigenvalue weighted by molar-refractivity contribution is 7.89. The molecule has 1 unspecified atom stereocenters. The first-order valence-electron chi connectivity index (χ1n) is 10.5. The van der Waals surface area contributed by atoms with Gasteiger partial charge in [-0.1, -0.05) is 30.3 Å². The number of rotatable bonds is 8. The van der Waals surface area contributed by atoms with E-state index in [0.717, 1.165) is 9.98 Å². The Hall–Kier alpha value is -3.72. The van der Waals surface area contributed by atoms with Gasteiger partial charge in [-0.05, 0) is 42.0 Å². The van der Waals surface area contributed by atoms with E-state index < -0.39 is 16.1 Å². The monoisotopic (exact) mass is 482 g/mol. The number of hydrazone groups is 1. The minimum atomic E-state index is -3.95. The highest BCUT2D eigenvalue weighted by Crippen LogP contribution is 2.44. The number of methoxy groups -OCH3 is 4. The molecule has 178 valence electrons. The van der Waals surface area contributed by atoms with E-state index in [1.807, 2.05) is 24.3 Å². The Labute approximate surface area is 199 Å². The van der Waals surface area contributed by atoms with Gasteiger partial charge in [0.2, 0.25) is 5.75 Å². The first kappa shape index (κ1) is 23.4. The molecule has 8 nitrogen and oxygen atoms in total. The Kier molecular flexibility index (Phi) is 6.65. The van der Waals surface area contributed by atoms with Gasteiger partial charge in [-0.2, -0.15) is 17.9 Å². The van der Waals surface area contributed by atoms with Crippen molar-refractivity contribution in [3.63, 3.8) is 0 Å². The van der Waals surface area contributed by atoms with E-state index in [1.54, 1.807) is 49.6 Å². The fourth-order valence-electron chi connectivity index (χ4n) is 3.93. The largest absolute Gasteiger partial charge is 0.497 e. The van der Waals surface area contributed by atoms with Gasteiger partial charge in [0.25, 0.3) is 10.0 Å². The van der Waals surface area contributed by atoms with E-state index in [-0.39, 0.29) is 4.90 Å². The zero-order valence-electron chi connectivity index (χ0n) is 19.4. The molecule has 3 aromatic carbocycles. The Morgan fingerprint density at radius 1 is 0.824 bits per heavy atom. The lowest BCUT2D eigenvalue weighted by Crippen LogP contribution is -2.27. The van der Waals surface area contributed by atoms with Gasteiger partial charge in [0.05, 0.1) is 45.1 Å². The van der Waals surface area contributed by atoms with E-state index in [4.69, 9.17) is 18.9 Å². The summed E-state index contributed by atoms with van der Waals surface area (Å²) in [5.74, 6) is 1.96. The van der Waals surface area contributed by atoms with Crippen LogP contribution in [0.3, 0.4) is 0 Å². The van der Waals surface area contributed by atoms with Gasteiger partial charge < -0.3 is 18.9 Å². The second kappa shape index (κ2) is 9.64. The molecule has 1 heterocycles. The summed E-state index contributed by atoms with van der Waals surface area (Å²) >= 11 is 0. The fourth-order valence-corrected chi connectivity index (χ4v) is 5.38. The Morgan fingerprint density at radius 3 is 2.09 bits per heavy atom. The molecule has 1 aliphatic rings. The summed E-state index contributed by atoms with van der Waals surface area (Å²) in [7, 11) is 2.20. The minimum absolute atomic E-state index is 0.156. The van der Waals surface area contributed by atoms with Crippen molar-refractivity contribution in [1.29, 1.82) is 0 Å². The van der Waals surface area contributed by atoms with Crippen LogP contribution in [0.4, 0.5) is 0 Å². The number of hydrogen-bond acceptors (Lipinski definition) is 7. The molecular formula is C25H26N2O6S. The van der Waals surface area contributed by atoms with Gasteiger partial charge in [-0.15, -0.1) is 0 Å². The van der Waals surface area contributed by atoms with Crippen LogP contribution in [-0.4, -0.2) is 47.0 Å². The second-order valence-corrected chi connectivity index (χ2v) is 9.34. The normalized spacial score (nSPS) is 15.6. The van der Waals surface area contributed by atoms with Gasteiger partial charge in [-0.3, -0.25) is 0 Å². The Balaban J connectivity index is 1.86. The van der Waals surface area contributed by atoms with Crippen molar-refractivity contribution in [3.05, 3.63) is 77.9 Å². The summed E-state index contributed by atoms with van der Waals surface area (Å²) in [5, 5.41) is 4.59. The molecule has 9 heteroatoms. The summed E-state index contributed by atoms with van der Waals surface area (Å²) in [6.45, 7) is 0. The predicted octanol–water partition coefficient (Wildman–Crippen LogP) is 4.26. The zero-order valence-corrected chi connectivity index (χ0v) is 20.2. The van der Waals surface area contributed by atoms with Gasteiger partial charge in [-0.25, -0.2) is 0 Å². The first-order chi connectivity index (χ1) is 16.4. The van der Waals surface area contributed by atoms with Gasteiger partial charge in [0.15, 0.2) is 11.5 Å². The predicted molar refractivity (Wildman–Crippen MR) is 128 cm³/mol. The molecule has 0 fully saturated rings. The third kappa shape index (κ3) is 4.26. The molecule has 0 spiro atoms. The fraction of sp³-hybridized carbons (Fsp3) is 0.240. The van der Waals surface area contributed by atoms with Crippen molar-refractivity contribution < 1.29 is 27.4 Å². The quantitative estimate of drug-likeness (QED) is 0.477. The molecule has 0 saturated carbocycles. The summed E-state index contributed by atoms with van der Waals surface area (Å²) in [5.41, 5.74) is 2.07. The van der Waals surface area contributed by atoms with Crippen LogP contribution >= 0.6 is 0 Å². The topological polar surface area (TPSA) is 86.7 Å². The van der Waals surface area contributed by atoms with E-state index in [0.29, 0.717) is 40.7 Å². The van der Waals surface area contributed by atoms with E-state index >= 15 is 0 Å². The molecule has 0 radical (unpaired) electrons. The van der Waals surface area contributed by atoms with Crippen LogP contribution in [0.25, 0.3) is 0 Å². The van der Waals surface area contributed by atoms with Crippen LogP contribution in [0, 0.1) is 0 Å². The van der Waals surface area contributed by atoms with Crippen molar-refractivity contribution in [2.75, 3.05) is 28.4 Å². The SMILES string of the molecule is COc1cccc(C2=NN(S(=O)(=O)c3ccccc3)C(c3cc(OC)c(OC)c(OC)c3)C2)c1. The first-order valence-corrected chi connectivity index (χ1v) is 12.0. The lowest BCUT2D eigenvalue weighted by Gasteiger charge is -2.24. The number of nitrogens with zero attached hydrogens (tertiary/aromatic N) is 2. The van der Waals surface area contributed by atoms with Crippen LogP contribution in [0.1, 0.15) is 23.6 Å². The second-order valence-electron chi connectivity index (χ2n) is 7.55. The molecule has 3 aromatic rings. The van der Waals surface area contributed by atoms with Gasteiger partial charge >= 0.3 is 0 Å². The van der Waals surface area contributed by atoms with Crippen LogP contribution in [0.2, 0.25) is 0 Å². The summed E-state index contributed by atoms with van der Waals surface area (Å²) in [6, 6.07) is 18.5. The maximum Gasteiger partial charge on any atom is 0.279 e. The molecule has 1 atom stereocenters. The number of hydrogen-bond donors (Lipinski definition) is 0. The van der Waals surface area contributed by atoms with Crippen LogP contribution in [-0.2, 0) is 10.0 Å². The van der Waals surface area contributed by atoms with Gasteiger partial charge in [0.1, 0.15) is 5.75 Å². The molecule has 0 saturated heterocycles. The zero-order chi connectivity index (χ0) is 24.3. The molecule has 0 aliphatic carbocycles. The lowest BCUT2D eigenvalue weighted by molar-refractivity contribution is 0.319. The van der Waals surface area contributed by atoms with Crippen molar-refractivity contribution in [3.8, 4) is 23.0 Å². The standard InChI is InChI=1S/C25H26N2O6S/c1-30-19-10-8-9-17(13-19)21-16-22(18-14-23(31-2)25(33-4)24(15-18)32-3)27(26-21)34(28,29)20-11-6-5-7-12-20/h5-15,22H,16H2,1-4H3. The summed E-state index contributed by atoms with van der Waals surface area (Å²) < 4.78 is 50.2. The van der Waals surface area contributed by atoms with Crippen molar-refractivity contribution in [1.82, 2.24) is 4.41 Å². The average Bonchev–Trinajstić information content (AvgIpc) is 3.35. The third-order valence-corrected chi connectivity index (χ3v) is 7.33. The average molecular weight is 483 g/mol. The van der Waals surface area contributed by atoms with E-state index in [2.05, 4.69) is 5.10 Å². The highest BCUT2D eigenvalue weighted by atomic mass is 32.2. The number of benzene rings is 3. The molecule has 1 aliphatic heterocycles. The molecule has 0 amide bonds. The minimum Gasteiger partial charge on any atom is -0.497 e. The van der Waals surface area contributed by atoms with Crippen molar-refractivity contribution in [2.45, 2.75) is 17.4 Å². The molecule has 0 aromatic heterocycles. The van der Waals surface area contributed by atoms with Gasteiger partial charge in [0, 0.05) is 12.0 Å². The van der Waals surface area contributed by atoms with E-state index in [1.165, 1.54) is 21.3 Å². The Morgan fingerprint density at radius 2 is 1.50 bits per heavy atom. The smallest absolute Gasteiger partial charge is 0.279 e. The molecule has 4 rings (SSSR count). The number of ether oxygens (including phenoxy) is 4. The molecular weight excluding hydrogens is 456 g/mol. The highest BCUT2D eigenvalue weighted by Gasteiger charge is 2.38. The molecule has 0 N–H and O–H groups in total. The molecule has 0 bridgehead atoms. The maximum atomic E-state index is 13.7. The maximum absolute atomic E-state index is 13.7. The van der Waals surface area contributed by atoms with Crippen LogP contribution in [0.5, 0.6) is 23.0 Å². The van der Waals surface area contributed by atoms with Crippen LogP contribution < -0.4 is 18.9 Å². The van der Waals surface area contributed by atoms with Crippen LogP contribution in [0.15, 0.2) is 76.7 Å². The summed E-state index contributed by atoms with van der Waals surface area (Å²) in [6.07, 6.45) is 0.345. The third-order valence-electron chi connectivity index (χ3n) is 5.63. The Bertz CT molecular complexity index is 1280. The summed E-state index contributed by atoms with van der Waals surface area (Å²) in [4.78, 5) is 0.156. The molecule has 34 heavy (non-hydrogen) atoms.